The highest BCUT2D eigenvalue weighted by atomic mass is 35.5. The van der Waals surface area contributed by atoms with Gasteiger partial charge in [0.05, 0.1) is 6.54 Å². The van der Waals surface area contributed by atoms with Crippen LogP contribution in [0.4, 0.5) is 0 Å². The Morgan fingerprint density at radius 3 is 2.46 bits per heavy atom. The van der Waals surface area contributed by atoms with Crippen LogP contribution in [0, 0.1) is 0 Å². The number of benzene rings is 3. The van der Waals surface area contributed by atoms with E-state index in [2.05, 4.69) is 18.2 Å². The van der Waals surface area contributed by atoms with Gasteiger partial charge in [-0.15, -0.1) is 0 Å². The van der Waals surface area contributed by atoms with Crippen LogP contribution in [0.2, 0.25) is 5.02 Å². The monoisotopic (exact) mass is 360 g/mol. The number of rotatable bonds is 2. The first-order valence-electron chi connectivity index (χ1n) is 8.69. The highest BCUT2D eigenvalue weighted by Crippen LogP contribution is 2.47. The van der Waals surface area contributed by atoms with Gasteiger partial charge in [-0.05, 0) is 23.3 Å². The van der Waals surface area contributed by atoms with E-state index in [0.29, 0.717) is 18.1 Å². The molecule has 0 fully saturated rings. The summed E-state index contributed by atoms with van der Waals surface area (Å²) >= 11 is 6.06. The smallest absolute Gasteiger partial charge is 0.193 e. The molecule has 0 saturated heterocycles. The summed E-state index contributed by atoms with van der Waals surface area (Å²) in [6, 6.07) is 23.8. The Balaban J connectivity index is 1.78. The highest BCUT2D eigenvalue weighted by Gasteiger charge is 2.50. The van der Waals surface area contributed by atoms with Crippen LogP contribution in [0.5, 0.6) is 0 Å². The molecule has 1 atom stereocenters. The molecule has 0 radical (unpaired) electrons. The minimum Gasteiger partial charge on any atom is -0.363 e. The lowest BCUT2D eigenvalue weighted by Crippen LogP contribution is -2.43. The molecule has 0 spiro atoms. The Labute approximate surface area is 157 Å². The van der Waals surface area contributed by atoms with Crippen molar-refractivity contribution >= 4 is 17.4 Å². The first-order chi connectivity index (χ1) is 12.7. The zero-order valence-corrected chi connectivity index (χ0v) is 14.8. The predicted molar refractivity (Wildman–Crippen MR) is 104 cm³/mol. The second-order valence-corrected chi connectivity index (χ2v) is 7.07. The average Bonchev–Trinajstić information content (AvgIpc) is 3.26. The molecule has 4 heteroatoms. The van der Waals surface area contributed by atoms with Crippen molar-refractivity contribution in [3.05, 3.63) is 94.5 Å². The van der Waals surface area contributed by atoms with Crippen LogP contribution in [0.25, 0.3) is 11.1 Å². The van der Waals surface area contributed by atoms with Crippen LogP contribution in [-0.2, 0) is 5.72 Å². The Morgan fingerprint density at radius 2 is 1.69 bits per heavy atom. The second kappa shape index (κ2) is 5.70. The summed E-state index contributed by atoms with van der Waals surface area (Å²) in [5.41, 5.74) is 3.70. The summed E-state index contributed by atoms with van der Waals surface area (Å²) in [5, 5.41) is 12.5. The third-order valence-electron chi connectivity index (χ3n) is 5.23. The molecule has 2 aliphatic heterocycles. The fraction of sp³-hybridized carbons (Fsp3) is 0.136. The van der Waals surface area contributed by atoms with E-state index in [-0.39, 0.29) is 0 Å². The fourth-order valence-corrected chi connectivity index (χ4v) is 4.18. The average molecular weight is 361 g/mol. The molecular formula is C22H17ClN2O. The number of hydrogen-bond donors (Lipinski definition) is 1. The molecule has 3 aromatic carbocycles. The molecule has 0 aromatic heterocycles. The van der Waals surface area contributed by atoms with E-state index in [4.69, 9.17) is 16.6 Å². The van der Waals surface area contributed by atoms with E-state index >= 15 is 0 Å². The largest absolute Gasteiger partial charge is 0.363 e. The Kier molecular flexibility index (Phi) is 3.42. The van der Waals surface area contributed by atoms with Gasteiger partial charge in [0.15, 0.2) is 5.72 Å². The summed E-state index contributed by atoms with van der Waals surface area (Å²) in [6.45, 7) is 1.38. The summed E-state index contributed by atoms with van der Waals surface area (Å²) < 4.78 is 0. The van der Waals surface area contributed by atoms with Crippen LogP contribution >= 0.6 is 11.6 Å². The van der Waals surface area contributed by atoms with Gasteiger partial charge in [-0.1, -0.05) is 72.3 Å². The fourth-order valence-electron chi connectivity index (χ4n) is 4.06. The van der Waals surface area contributed by atoms with Crippen molar-refractivity contribution in [2.24, 2.45) is 4.99 Å². The number of halogens is 1. The summed E-state index contributed by atoms with van der Waals surface area (Å²) in [6.07, 6.45) is 0. The number of fused-ring (bicyclic) bond motifs is 3. The van der Waals surface area contributed by atoms with Crippen molar-refractivity contribution in [3.63, 3.8) is 0 Å². The van der Waals surface area contributed by atoms with E-state index in [1.807, 2.05) is 59.5 Å². The maximum Gasteiger partial charge on any atom is 0.193 e. The van der Waals surface area contributed by atoms with Gasteiger partial charge in [0.25, 0.3) is 0 Å². The molecule has 0 aliphatic carbocycles. The van der Waals surface area contributed by atoms with Crippen molar-refractivity contribution in [3.8, 4) is 11.1 Å². The lowest BCUT2D eigenvalue weighted by molar-refractivity contribution is -0.0242. The van der Waals surface area contributed by atoms with Crippen molar-refractivity contribution in [2.75, 3.05) is 13.1 Å². The molecule has 26 heavy (non-hydrogen) atoms. The molecule has 0 bridgehead atoms. The number of nitrogens with zero attached hydrogens (tertiary/aromatic N) is 2. The van der Waals surface area contributed by atoms with Gasteiger partial charge < -0.3 is 10.0 Å². The molecule has 2 heterocycles. The van der Waals surface area contributed by atoms with Crippen molar-refractivity contribution in [1.29, 1.82) is 0 Å². The van der Waals surface area contributed by atoms with Gasteiger partial charge in [-0.3, -0.25) is 4.99 Å². The normalized spacial score (nSPS) is 20.7. The molecule has 5 rings (SSSR count). The van der Waals surface area contributed by atoms with Gasteiger partial charge >= 0.3 is 0 Å². The van der Waals surface area contributed by atoms with Crippen LogP contribution in [-0.4, -0.2) is 28.9 Å². The predicted octanol–water partition coefficient (Wildman–Crippen LogP) is 4.28. The molecule has 128 valence electrons. The van der Waals surface area contributed by atoms with Gasteiger partial charge in [-0.25, -0.2) is 0 Å². The van der Waals surface area contributed by atoms with Gasteiger partial charge in [0.1, 0.15) is 5.84 Å². The minimum atomic E-state index is -1.22. The van der Waals surface area contributed by atoms with E-state index in [9.17, 15) is 5.11 Å². The minimum absolute atomic E-state index is 0.656. The van der Waals surface area contributed by atoms with Crippen molar-refractivity contribution in [2.45, 2.75) is 5.72 Å². The van der Waals surface area contributed by atoms with E-state index < -0.39 is 5.72 Å². The summed E-state index contributed by atoms with van der Waals surface area (Å²) in [4.78, 5) is 6.73. The maximum absolute atomic E-state index is 11.8. The third-order valence-corrected chi connectivity index (χ3v) is 5.48. The number of amidine groups is 1. The molecule has 0 amide bonds. The molecule has 3 nitrogen and oxygen atoms in total. The molecule has 1 unspecified atom stereocenters. The summed E-state index contributed by atoms with van der Waals surface area (Å²) in [7, 11) is 0. The molecule has 1 N–H and O–H groups in total. The highest BCUT2D eigenvalue weighted by molar-refractivity contribution is 6.30. The van der Waals surface area contributed by atoms with Gasteiger partial charge in [-0.2, -0.15) is 0 Å². The van der Waals surface area contributed by atoms with Crippen LogP contribution in [0.3, 0.4) is 0 Å². The molecular weight excluding hydrogens is 344 g/mol. The Hall–Kier alpha value is -2.62. The topological polar surface area (TPSA) is 35.8 Å². The van der Waals surface area contributed by atoms with E-state index in [1.54, 1.807) is 0 Å². The first-order valence-corrected chi connectivity index (χ1v) is 9.07. The molecule has 0 saturated carbocycles. The van der Waals surface area contributed by atoms with Crippen molar-refractivity contribution < 1.29 is 5.11 Å². The third kappa shape index (κ3) is 2.08. The lowest BCUT2D eigenvalue weighted by atomic mass is 9.89. The molecule has 2 aliphatic rings. The Bertz CT molecular complexity index is 1010. The van der Waals surface area contributed by atoms with Crippen LogP contribution < -0.4 is 0 Å². The summed E-state index contributed by atoms with van der Waals surface area (Å²) in [5.74, 6) is 0.872. The van der Waals surface area contributed by atoms with Crippen LogP contribution in [0.1, 0.15) is 16.7 Å². The lowest BCUT2D eigenvalue weighted by Gasteiger charge is -2.33. The second-order valence-electron chi connectivity index (χ2n) is 6.63. The van der Waals surface area contributed by atoms with E-state index in [1.165, 1.54) is 0 Å². The quantitative estimate of drug-likeness (QED) is 0.740. The van der Waals surface area contributed by atoms with Crippen molar-refractivity contribution in [1.82, 2.24) is 4.90 Å². The Morgan fingerprint density at radius 1 is 0.923 bits per heavy atom. The van der Waals surface area contributed by atoms with E-state index in [0.717, 1.165) is 33.7 Å². The number of hydrogen-bond acceptors (Lipinski definition) is 3. The zero-order valence-electron chi connectivity index (χ0n) is 14.1. The zero-order chi connectivity index (χ0) is 17.7. The maximum atomic E-state index is 11.8. The number of aliphatic hydroxyl groups is 1. The van der Waals surface area contributed by atoms with Gasteiger partial charge in [0.2, 0.25) is 0 Å². The SMILES string of the molecule is OC1(c2ccc(Cl)cc2)c2cccc(-c3ccccc3)c2C2=NCCN21. The van der Waals surface area contributed by atoms with Crippen LogP contribution in [0.15, 0.2) is 77.8 Å². The first kappa shape index (κ1) is 15.6. The van der Waals surface area contributed by atoms with Gasteiger partial charge in [0, 0.05) is 28.3 Å². The molecule has 3 aromatic rings. The number of aliphatic imine (C=N–C) groups is 1. The standard InChI is InChI=1S/C22H17ClN2O/c23-17-11-9-16(10-12-17)22(26)19-8-4-7-18(15-5-2-1-3-6-15)20(19)21-24-13-14-25(21)22/h1-12,26H,13-14H2.